The van der Waals surface area contributed by atoms with E-state index in [0.29, 0.717) is 13.0 Å². The topological polar surface area (TPSA) is 47.6 Å². The van der Waals surface area contributed by atoms with Crippen molar-refractivity contribution in [2.24, 2.45) is 0 Å². The summed E-state index contributed by atoms with van der Waals surface area (Å²) in [5.74, 6) is -0.120. The minimum Gasteiger partial charge on any atom is -0.353 e. The molecule has 1 amide bonds. The van der Waals surface area contributed by atoms with Gasteiger partial charge in [0.15, 0.2) is 6.29 Å². The van der Waals surface area contributed by atoms with E-state index in [1.165, 1.54) is 12.5 Å². The van der Waals surface area contributed by atoms with E-state index in [1.807, 2.05) is 36.4 Å². The van der Waals surface area contributed by atoms with Crippen LogP contribution in [0.5, 0.6) is 0 Å². The van der Waals surface area contributed by atoms with Crippen molar-refractivity contribution in [2.45, 2.75) is 32.0 Å². The molecule has 1 fully saturated rings. The van der Waals surface area contributed by atoms with Crippen LogP contribution in [0.25, 0.3) is 0 Å². The molecule has 1 aliphatic rings. The van der Waals surface area contributed by atoms with Gasteiger partial charge in [-0.3, -0.25) is 4.79 Å². The number of anilines is 1. The van der Waals surface area contributed by atoms with E-state index in [9.17, 15) is 4.79 Å². The van der Waals surface area contributed by atoms with E-state index in [4.69, 9.17) is 9.47 Å². The summed E-state index contributed by atoms with van der Waals surface area (Å²) in [6.45, 7) is 1.37. The van der Waals surface area contributed by atoms with Crippen LogP contribution in [0.1, 0.15) is 25.7 Å². The summed E-state index contributed by atoms with van der Waals surface area (Å²) in [5, 5.41) is 2.79. The molecular formula is C16H21NO3. The summed E-state index contributed by atoms with van der Waals surface area (Å²) in [4.78, 5) is 11.6. The van der Waals surface area contributed by atoms with Gasteiger partial charge in [0.05, 0.1) is 6.61 Å². The van der Waals surface area contributed by atoms with Crippen molar-refractivity contribution in [1.29, 1.82) is 0 Å². The molecule has 1 heterocycles. The molecule has 4 nitrogen and oxygen atoms in total. The van der Waals surface area contributed by atoms with Crippen LogP contribution >= 0.6 is 0 Å². The fourth-order valence-corrected chi connectivity index (χ4v) is 2.01. The number of nitrogens with one attached hydrogen (secondary N) is 1. The minimum atomic E-state index is -0.120. The van der Waals surface area contributed by atoms with E-state index in [-0.39, 0.29) is 12.2 Å². The molecule has 1 atom stereocenters. The van der Waals surface area contributed by atoms with Crippen molar-refractivity contribution in [3.63, 3.8) is 0 Å². The summed E-state index contributed by atoms with van der Waals surface area (Å²) >= 11 is 0. The second-order valence-electron chi connectivity index (χ2n) is 4.71. The van der Waals surface area contributed by atoms with Gasteiger partial charge in [0.1, 0.15) is 0 Å². The Balaban J connectivity index is 1.59. The Hall–Kier alpha value is -1.65. The van der Waals surface area contributed by atoms with Gasteiger partial charge in [-0.1, -0.05) is 24.3 Å². The van der Waals surface area contributed by atoms with E-state index in [2.05, 4.69) is 5.32 Å². The standard InChI is InChI=1S/C16H21NO3/c18-15(17-14-8-2-1-3-9-14)10-4-6-12-19-16-11-5-7-13-20-16/h1-4,8-10,16H,5-7,11-13H2,(H,17,18). The highest BCUT2D eigenvalue weighted by molar-refractivity contribution is 5.99. The van der Waals surface area contributed by atoms with Crippen LogP contribution in [0.2, 0.25) is 0 Å². The van der Waals surface area contributed by atoms with Gasteiger partial charge in [0.25, 0.3) is 0 Å². The first-order chi connectivity index (χ1) is 9.84. The molecule has 108 valence electrons. The first-order valence-electron chi connectivity index (χ1n) is 7.10. The first kappa shape index (κ1) is 14.8. The van der Waals surface area contributed by atoms with Gasteiger partial charge in [-0.2, -0.15) is 0 Å². The van der Waals surface area contributed by atoms with Gasteiger partial charge < -0.3 is 14.8 Å². The lowest BCUT2D eigenvalue weighted by Crippen LogP contribution is -2.22. The highest BCUT2D eigenvalue weighted by Gasteiger charge is 2.12. The average molecular weight is 275 g/mol. The number of para-hydroxylation sites is 1. The molecule has 4 heteroatoms. The van der Waals surface area contributed by atoms with Crippen molar-refractivity contribution in [3.05, 3.63) is 42.5 Å². The zero-order valence-corrected chi connectivity index (χ0v) is 11.6. The van der Waals surface area contributed by atoms with Crippen molar-refractivity contribution >= 4 is 11.6 Å². The van der Waals surface area contributed by atoms with Crippen LogP contribution in [-0.4, -0.2) is 25.4 Å². The number of hydrogen-bond acceptors (Lipinski definition) is 3. The molecule has 0 aromatic heterocycles. The summed E-state index contributed by atoms with van der Waals surface area (Å²) in [7, 11) is 0. The maximum atomic E-state index is 11.6. The number of hydrogen-bond donors (Lipinski definition) is 1. The predicted molar refractivity (Wildman–Crippen MR) is 78.4 cm³/mol. The van der Waals surface area contributed by atoms with Crippen LogP contribution in [0.4, 0.5) is 5.69 Å². The second kappa shape index (κ2) is 8.51. The largest absolute Gasteiger partial charge is 0.353 e. The molecule has 1 unspecified atom stereocenters. The molecule has 0 radical (unpaired) electrons. The van der Waals surface area contributed by atoms with Crippen LogP contribution in [-0.2, 0) is 14.3 Å². The van der Waals surface area contributed by atoms with Crippen LogP contribution in [0.15, 0.2) is 42.5 Å². The number of rotatable bonds is 6. The summed E-state index contributed by atoms with van der Waals surface area (Å²) in [6, 6.07) is 9.40. The molecule has 0 spiro atoms. The summed E-state index contributed by atoms with van der Waals surface area (Å²) < 4.78 is 11.0. The lowest BCUT2D eigenvalue weighted by atomic mass is 10.2. The Morgan fingerprint density at radius 1 is 1.35 bits per heavy atom. The Morgan fingerprint density at radius 2 is 2.20 bits per heavy atom. The van der Waals surface area contributed by atoms with E-state index < -0.39 is 0 Å². The maximum absolute atomic E-state index is 11.6. The monoisotopic (exact) mass is 275 g/mol. The second-order valence-corrected chi connectivity index (χ2v) is 4.71. The average Bonchev–Trinajstić information content (AvgIpc) is 2.49. The summed E-state index contributed by atoms with van der Waals surface area (Å²) in [6.07, 6.45) is 7.27. The van der Waals surface area contributed by atoms with E-state index in [0.717, 1.165) is 25.1 Å². The van der Waals surface area contributed by atoms with Crippen molar-refractivity contribution < 1.29 is 14.3 Å². The molecule has 0 saturated carbocycles. The van der Waals surface area contributed by atoms with Gasteiger partial charge in [-0.05, 0) is 43.9 Å². The first-order valence-corrected chi connectivity index (χ1v) is 7.10. The smallest absolute Gasteiger partial charge is 0.248 e. The lowest BCUT2D eigenvalue weighted by Gasteiger charge is -2.22. The third kappa shape index (κ3) is 5.55. The minimum absolute atomic E-state index is 0.0599. The van der Waals surface area contributed by atoms with E-state index >= 15 is 0 Å². The fourth-order valence-electron chi connectivity index (χ4n) is 2.01. The zero-order valence-electron chi connectivity index (χ0n) is 11.6. The SMILES string of the molecule is O=C(C=CCCOC1CCCCO1)Nc1ccccc1. The fraction of sp³-hybridized carbons (Fsp3) is 0.438. The van der Waals surface area contributed by atoms with Crippen LogP contribution < -0.4 is 5.32 Å². The quantitative estimate of drug-likeness (QED) is 0.641. The van der Waals surface area contributed by atoms with Gasteiger partial charge in [0, 0.05) is 12.3 Å². The normalized spacial score (nSPS) is 19.1. The highest BCUT2D eigenvalue weighted by Crippen LogP contribution is 2.13. The molecular weight excluding hydrogens is 254 g/mol. The van der Waals surface area contributed by atoms with Crippen LogP contribution in [0.3, 0.4) is 0 Å². The van der Waals surface area contributed by atoms with Crippen molar-refractivity contribution in [2.75, 3.05) is 18.5 Å². The highest BCUT2D eigenvalue weighted by atomic mass is 16.7. The number of ether oxygens (including phenoxy) is 2. The third-order valence-corrected chi connectivity index (χ3v) is 3.04. The Kier molecular flexibility index (Phi) is 6.27. The molecule has 1 aromatic rings. The number of carbonyl (C=O) groups is 1. The zero-order chi connectivity index (χ0) is 14.0. The van der Waals surface area contributed by atoms with Gasteiger partial charge in [-0.25, -0.2) is 0 Å². The van der Waals surface area contributed by atoms with Gasteiger partial charge >= 0.3 is 0 Å². The van der Waals surface area contributed by atoms with Gasteiger partial charge in [-0.15, -0.1) is 0 Å². The number of benzene rings is 1. The Labute approximate surface area is 119 Å². The molecule has 1 N–H and O–H groups in total. The number of carbonyl (C=O) groups excluding carboxylic acids is 1. The summed E-state index contributed by atoms with van der Waals surface area (Å²) in [5.41, 5.74) is 0.800. The molecule has 2 rings (SSSR count). The van der Waals surface area contributed by atoms with Crippen molar-refractivity contribution in [3.8, 4) is 0 Å². The van der Waals surface area contributed by atoms with Crippen molar-refractivity contribution in [1.82, 2.24) is 0 Å². The van der Waals surface area contributed by atoms with Crippen LogP contribution in [0, 0.1) is 0 Å². The maximum Gasteiger partial charge on any atom is 0.248 e. The lowest BCUT2D eigenvalue weighted by molar-refractivity contribution is -0.161. The predicted octanol–water partition coefficient (Wildman–Crippen LogP) is 3.11. The third-order valence-electron chi connectivity index (χ3n) is 3.04. The Morgan fingerprint density at radius 3 is 2.95 bits per heavy atom. The van der Waals surface area contributed by atoms with Gasteiger partial charge in [0.2, 0.25) is 5.91 Å². The molecule has 1 aromatic carbocycles. The molecule has 0 bridgehead atoms. The van der Waals surface area contributed by atoms with E-state index in [1.54, 1.807) is 0 Å². The molecule has 1 saturated heterocycles. The molecule has 0 aliphatic carbocycles. The Bertz CT molecular complexity index is 425. The number of amides is 1. The molecule has 20 heavy (non-hydrogen) atoms. The molecule has 1 aliphatic heterocycles.